The van der Waals surface area contributed by atoms with Crippen LogP contribution in [0, 0.1) is 12.8 Å². The number of aryl methyl sites for hydroxylation is 1. The van der Waals surface area contributed by atoms with Crippen molar-refractivity contribution < 1.29 is 22.6 Å². The van der Waals surface area contributed by atoms with E-state index in [9.17, 15) is 13.2 Å². The normalized spacial score (nSPS) is 17.5. The first-order valence-electron chi connectivity index (χ1n) is 10.4. The van der Waals surface area contributed by atoms with Crippen LogP contribution in [0.1, 0.15) is 23.1 Å². The summed E-state index contributed by atoms with van der Waals surface area (Å²) in [6, 6.07) is 2.45. The van der Waals surface area contributed by atoms with E-state index in [4.69, 9.17) is 26.8 Å². The topological polar surface area (TPSA) is 85.0 Å². The third-order valence-electron chi connectivity index (χ3n) is 5.94. The summed E-state index contributed by atoms with van der Waals surface area (Å²) in [5.74, 6) is 1.47. The smallest absolute Gasteiger partial charge is 0.418 e. The van der Waals surface area contributed by atoms with Gasteiger partial charge in [0.05, 0.1) is 40.7 Å². The van der Waals surface area contributed by atoms with Crippen molar-refractivity contribution in [2.75, 3.05) is 37.5 Å². The van der Waals surface area contributed by atoms with E-state index >= 15 is 0 Å². The molecule has 1 aromatic carbocycles. The molecular formula is C22H21ClF3N5O2. The molecule has 174 valence electrons. The van der Waals surface area contributed by atoms with Crippen LogP contribution in [0.3, 0.4) is 0 Å². The fourth-order valence-electron chi connectivity index (χ4n) is 4.04. The Labute approximate surface area is 193 Å². The standard InChI is InChI=1S/C22H21ClF3N5O2/c1-11-6-14(22(24,25)26)18(30-20(11)27)13-7-15-16-19(17(13)23)28-10-29-21(16)31(4-5-33-15)3-2-12-8-32-9-12/h4-7,12,28H,2-3,8-10H2,1H3,(H2,27,30). The van der Waals surface area contributed by atoms with E-state index in [1.165, 1.54) is 19.3 Å². The highest BCUT2D eigenvalue weighted by molar-refractivity contribution is 6.37. The van der Waals surface area contributed by atoms with Gasteiger partial charge in [-0.3, -0.25) is 0 Å². The van der Waals surface area contributed by atoms with Crippen LogP contribution in [0.2, 0.25) is 5.02 Å². The molecule has 11 heteroatoms. The number of pyridine rings is 1. The monoisotopic (exact) mass is 479 g/mol. The molecule has 0 radical (unpaired) electrons. The zero-order valence-electron chi connectivity index (χ0n) is 17.7. The highest BCUT2D eigenvalue weighted by Gasteiger charge is 2.37. The van der Waals surface area contributed by atoms with Gasteiger partial charge in [0.2, 0.25) is 0 Å². The molecule has 0 saturated carbocycles. The van der Waals surface area contributed by atoms with Gasteiger partial charge in [0.1, 0.15) is 30.3 Å². The van der Waals surface area contributed by atoms with Gasteiger partial charge in [0.25, 0.3) is 0 Å². The van der Waals surface area contributed by atoms with Crippen LogP contribution in [0.25, 0.3) is 11.3 Å². The minimum Gasteiger partial charge on any atom is -0.463 e. The van der Waals surface area contributed by atoms with E-state index in [-0.39, 0.29) is 34.3 Å². The molecule has 1 fully saturated rings. The number of aliphatic imine (C=N–C) groups is 1. The predicted octanol–water partition coefficient (Wildman–Crippen LogP) is 4.64. The molecule has 3 aliphatic heterocycles. The Balaban J connectivity index is 1.62. The van der Waals surface area contributed by atoms with Crippen LogP contribution in [0.5, 0.6) is 5.75 Å². The number of aromatic nitrogens is 1. The van der Waals surface area contributed by atoms with Gasteiger partial charge in [-0.25, -0.2) is 9.98 Å². The van der Waals surface area contributed by atoms with Gasteiger partial charge in [0, 0.05) is 24.2 Å². The number of nitrogen functional groups attached to an aromatic ring is 1. The molecule has 3 N–H and O–H groups in total. The van der Waals surface area contributed by atoms with Crippen LogP contribution >= 0.6 is 11.6 Å². The molecule has 0 amide bonds. The predicted molar refractivity (Wildman–Crippen MR) is 119 cm³/mol. The Bertz CT molecular complexity index is 1180. The number of nitrogens with two attached hydrogens (primary N) is 1. The molecule has 0 spiro atoms. The number of nitrogens with one attached hydrogen (secondary N) is 1. The van der Waals surface area contributed by atoms with Crippen LogP contribution in [0.4, 0.5) is 24.7 Å². The van der Waals surface area contributed by atoms with Crippen LogP contribution in [0.15, 0.2) is 29.6 Å². The highest BCUT2D eigenvalue weighted by Crippen LogP contribution is 2.47. The number of nitrogens with zero attached hydrogens (tertiary/aromatic N) is 3. The lowest BCUT2D eigenvalue weighted by molar-refractivity contribution is -0.137. The SMILES string of the molecule is Cc1cc(C(F)(F)F)c(-c2cc3c4c(c2Cl)NCN=C4N(CCC2COC2)C=CO3)nc1N. The highest BCUT2D eigenvalue weighted by atomic mass is 35.5. The molecule has 3 aliphatic rings. The van der Waals surface area contributed by atoms with Crippen molar-refractivity contribution in [3.05, 3.63) is 46.3 Å². The van der Waals surface area contributed by atoms with Gasteiger partial charge in [-0.05, 0) is 31.0 Å². The van der Waals surface area contributed by atoms with Gasteiger partial charge in [-0.15, -0.1) is 0 Å². The van der Waals surface area contributed by atoms with Crippen molar-refractivity contribution >= 4 is 28.9 Å². The summed E-state index contributed by atoms with van der Waals surface area (Å²) in [7, 11) is 0. The molecule has 0 aliphatic carbocycles. The third-order valence-corrected chi connectivity index (χ3v) is 6.33. The number of benzene rings is 1. The first kappa shape index (κ1) is 21.8. The molecule has 1 saturated heterocycles. The van der Waals surface area contributed by atoms with Gasteiger partial charge in [0.15, 0.2) is 0 Å². The molecule has 7 nitrogen and oxygen atoms in total. The summed E-state index contributed by atoms with van der Waals surface area (Å²) < 4.78 is 52.6. The zero-order chi connectivity index (χ0) is 23.3. The van der Waals surface area contributed by atoms with E-state index in [0.29, 0.717) is 35.3 Å². The fraction of sp³-hybridized carbons (Fsp3) is 0.364. The van der Waals surface area contributed by atoms with Crippen molar-refractivity contribution in [3.63, 3.8) is 0 Å². The second-order valence-electron chi connectivity index (χ2n) is 8.18. The minimum atomic E-state index is -4.64. The molecule has 33 heavy (non-hydrogen) atoms. The summed E-state index contributed by atoms with van der Waals surface area (Å²) in [4.78, 5) is 10.6. The number of hydrogen-bond donors (Lipinski definition) is 2. The molecule has 1 aromatic heterocycles. The molecule has 0 bridgehead atoms. The summed E-state index contributed by atoms with van der Waals surface area (Å²) in [5.41, 5.74) is 5.95. The van der Waals surface area contributed by atoms with Crippen LogP contribution in [-0.4, -0.2) is 42.1 Å². The maximum atomic E-state index is 13.9. The lowest BCUT2D eigenvalue weighted by atomic mass is 9.98. The maximum absolute atomic E-state index is 13.9. The molecule has 0 unspecified atom stereocenters. The zero-order valence-corrected chi connectivity index (χ0v) is 18.4. The summed E-state index contributed by atoms with van der Waals surface area (Å²) in [6.45, 7) is 3.88. The Hall–Kier alpha value is -2.98. The van der Waals surface area contributed by atoms with E-state index in [1.807, 2.05) is 4.90 Å². The third kappa shape index (κ3) is 3.87. The largest absolute Gasteiger partial charge is 0.463 e. The van der Waals surface area contributed by atoms with E-state index in [1.54, 1.807) is 6.20 Å². The molecule has 0 atom stereocenters. The van der Waals surface area contributed by atoms with Crippen molar-refractivity contribution in [1.82, 2.24) is 9.88 Å². The average molecular weight is 480 g/mol. The van der Waals surface area contributed by atoms with Gasteiger partial charge >= 0.3 is 6.18 Å². The lowest BCUT2D eigenvalue weighted by Gasteiger charge is -2.31. The van der Waals surface area contributed by atoms with E-state index in [0.717, 1.165) is 25.7 Å². The Kier molecular flexibility index (Phi) is 5.37. The van der Waals surface area contributed by atoms with Crippen molar-refractivity contribution in [2.24, 2.45) is 10.9 Å². The Morgan fingerprint density at radius 1 is 1.30 bits per heavy atom. The van der Waals surface area contributed by atoms with Crippen molar-refractivity contribution in [2.45, 2.75) is 19.5 Å². The number of ether oxygens (including phenoxy) is 2. The van der Waals surface area contributed by atoms with Crippen LogP contribution < -0.4 is 15.8 Å². The summed E-state index contributed by atoms with van der Waals surface area (Å²) >= 11 is 6.68. The van der Waals surface area contributed by atoms with Gasteiger partial charge in [-0.1, -0.05) is 11.6 Å². The number of hydrogen-bond acceptors (Lipinski definition) is 7. The van der Waals surface area contributed by atoms with Gasteiger partial charge < -0.3 is 25.4 Å². The average Bonchev–Trinajstić information content (AvgIpc) is 2.91. The maximum Gasteiger partial charge on any atom is 0.418 e. The minimum absolute atomic E-state index is 0.000160. The molecule has 4 heterocycles. The quantitative estimate of drug-likeness (QED) is 0.664. The summed E-state index contributed by atoms with van der Waals surface area (Å²) in [5, 5.41) is 3.18. The van der Waals surface area contributed by atoms with E-state index < -0.39 is 11.7 Å². The second-order valence-corrected chi connectivity index (χ2v) is 8.55. The van der Waals surface area contributed by atoms with E-state index in [2.05, 4.69) is 15.3 Å². The molecule has 2 aromatic rings. The van der Waals surface area contributed by atoms with Gasteiger partial charge in [-0.2, -0.15) is 13.2 Å². The number of amidine groups is 1. The number of rotatable bonds is 4. The lowest BCUT2D eigenvalue weighted by Crippen LogP contribution is -2.35. The first-order chi connectivity index (χ1) is 15.7. The summed E-state index contributed by atoms with van der Waals surface area (Å²) in [6.07, 6.45) is -0.469. The Morgan fingerprint density at radius 2 is 2.09 bits per heavy atom. The second kappa shape index (κ2) is 8.11. The van der Waals surface area contributed by atoms with Crippen molar-refractivity contribution in [3.8, 4) is 17.0 Å². The number of halogens is 4. The van der Waals surface area contributed by atoms with Crippen LogP contribution in [-0.2, 0) is 10.9 Å². The Morgan fingerprint density at radius 3 is 2.79 bits per heavy atom. The number of alkyl halides is 3. The van der Waals surface area contributed by atoms with Crippen molar-refractivity contribution in [1.29, 1.82) is 0 Å². The fourth-order valence-corrected chi connectivity index (χ4v) is 4.35. The first-order valence-corrected chi connectivity index (χ1v) is 10.8. The molecule has 5 rings (SSSR count). The molecular weight excluding hydrogens is 459 g/mol. The number of anilines is 2.